The third-order valence-electron chi connectivity index (χ3n) is 4.37. The molecular weight excluding hydrogens is 292 g/mol. The number of hydrogen-bond donors (Lipinski definition) is 0. The summed E-state index contributed by atoms with van der Waals surface area (Å²) in [6.45, 7) is 1.84. The molecule has 1 fully saturated rings. The second-order valence-corrected chi connectivity index (χ2v) is 5.95. The van der Waals surface area contributed by atoms with E-state index in [4.69, 9.17) is 4.42 Å². The van der Waals surface area contributed by atoms with Crippen molar-refractivity contribution < 1.29 is 4.42 Å². The molecule has 0 spiro atoms. The standard InChI is InChI=1S/C18H16N2O3/c1-11-10-14-13-8-4-5-9-15(13)23-18(22)16(14)17(21)20(11)19-12-6-2-3-7-12/h4-5,8-10H,2-3,6-7H2,1H3. The Kier molecular flexibility index (Phi) is 3.15. The first-order chi connectivity index (χ1) is 11.1. The van der Waals surface area contributed by atoms with Gasteiger partial charge >= 0.3 is 5.63 Å². The van der Waals surface area contributed by atoms with Gasteiger partial charge in [-0.05, 0) is 44.7 Å². The van der Waals surface area contributed by atoms with Crippen molar-refractivity contribution in [3.8, 4) is 0 Å². The summed E-state index contributed by atoms with van der Waals surface area (Å²) in [5, 5.41) is 5.93. The third-order valence-corrected chi connectivity index (χ3v) is 4.37. The second-order valence-electron chi connectivity index (χ2n) is 5.95. The van der Waals surface area contributed by atoms with Gasteiger partial charge in [-0.2, -0.15) is 5.10 Å². The van der Waals surface area contributed by atoms with Gasteiger partial charge in [0.1, 0.15) is 11.0 Å². The van der Waals surface area contributed by atoms with E-state index in [0.29, 0.717) is 11.0 Å². The van der Waals surface area contributed by atoms with Crippen LogP contribution in [0.3, 0.4) is 0 Å². The van der Waals surface area contributed by atoms with Crippen molar-refractivity contribution >= 4 is 27.5 Å². The topological polar surface area (TPSA) is 64.6 Å². The van der Waals surface area contributed by atoms with Crippen LogP contribution >= 0.6 is 0 Å². The van der Waals surface area contributed by atoms with Crippen LogP contribution in [0, 0.1) is 6.92 Å². The minimum atomic E-state index is -0.607. The van der Waals surface area contributed by atoms with Crippen LogP contribution in [-0.2, 0) is 0 Å². The first kappa shape index (κ1) is 13.9. The van der Waals surface area contributed by atoms with E-state index in [1.165, 1.54) is 4.68 Å². The van der Waals surface area contributed by atoms with Gasteiger partial charge in [-0.3, -0.25) is 4.79 Å². The highest BCUT2D eigenvalue weighted by Crippen LogP contribution is 2.22. The van der Waals surface area contributed by atoms with Gasteiger partial charge in [0.2, 0.25) is 0 Å². The van der Waals surface area contributed by atoms with E-state index in [9.17, 15) is 9.59 Å². The van der Waals surface area contributed by atoms with Crippen LogP contribution in [0.15, 0.2) is 49.4 Å². The van der Waals surface area contributed by atoms with Crippen LogP contribution in [0.4, 0.5) is 0 Å². The number of hydrogen-bond acceptors (Lipinski definition) is 4. The molecule has 4 rings (SSSR count). The lowest BCUT2D eigenvalue weighted by molar-refractivity contribution is 0.568. The zero-order valence-corrected chi connectivity index (χ0v) is 12.8. The Hall–Kier alpha value is -2.69. The number of fused-ring (bicyclic) bond motifs is 3. The molecule has 2 aromatic heterocycles. The van der Waals surface area contributed by atoms with E-state index in [1.807, 2.05) is 25.1 Å². The summed E-state index contributed by atoms with van der Waals surface area (Å²) in [6, 6.07) is 9.09. The van der Waals surface area contributed by atoms with Gasteiger partial charge in [0, 0.05) is 22.2 Å². The summed E-state index contributed by atoms with van der Waals surface area (Å²) in [7, 11) is 0. The summed E-state index contributed by atoms with van der Waals surface area (Å²) in [4.78, 5) is 25.1. The molecule has 0 aliphatic heterocycles. The summed E-state index contributed by atoms with van der Waals surface area (Å²) in [6.07, 6.45) is 4.03. The number of nitrogens with zero attached hydrogens (tertiary/aromatic N) is 2. The largest absolute Gasteiger partial charge is 0.422 e. The van der Waals surface area contributed by atoms with Crippen molar-refractivity contribution in [2.45, 2.75) is 32.6 Å². The SMILES string of the molecule is Cc1cc2c(c(=O)oc3ccccc32)c(=O)n1N=C1CCCC1. The van der Waals surface area contributed by atoms with E-state index in [-0.39, 0.29) is 5.39 Å². The van der Waals surface area contributed by atoms with E-state index < -0.39 is 11.2 Å². The quantitative estimate of drug-likeness (QED) is 0.512. The average Bonchev–Trinajstić information content (AvgIpc) is 3.04. The predicted molar refractivity (Wildman–Crippen MR) is 90.3 cm³/mol. The van der Waals surface area contributed by atoms with Crippen molar-refractivity contribution in [3.05, 3.63) is 56.8 Å². The Balaban J connectivity index is 2.11. The van der Waals surface area contributed by atoms with Gasteiger partial charge in [-0.15, -0.1) is 0 Å². The molecule has 0 atom stereocenters. The monoisotopic (exact) mass is 308 g/mol. The van der Waals surface area contributed by atoms with Crippen molar-refractivity contribution in [1.29, 1.82) is 0 Å². The molecule has 3 aromatic rings. The maximum atomic E-state index is 12.8. The minimum absolute atomic E-state index is 0.0663. The molecule has 0 saturated heterocycles. The van der Waals surface area contributed by atoms with Crippen LogP contribution in [0.5, 0.6) is 0 Å². The highest BCUT2D eigenvalue weighted by atomic mass is 16.4. The van der Waals surface area contributed by atoms with Gasteiger partial charge in [0.15, 0.2) is 0 Å². The smallest absolute Gasteiger partial charge is 0.349 e. The fourth-order valence-corrected chi connectivity index (χ4v) is 3.21. The number of aromatic nitrogens is 1. The first-order valence-electron chi connectivity index (χ1n) is 7.80. The molecule has 1 saturated carbocycles. The van der Waals surface area contributed by atoms with Crippen LogP contribution < -0.4 is 11.2 Å². The second kappa shape index (κ2) is 5.19. The Morgan fingerprint density at radius 1 is 1.09 bits per heavy atom. The zero-order chi connectivity index (χ0) is 16.0. The fourth-order valence-electron chi connectivity index (χ4n) is 3.21. The van der Waals surface area contributed by atoms with Crippen LogP contribution in [0.25, 0.3) is 21.7 Å². The molecule has 116 valence electrons. The lowest BCUT2D eigenvalue weighted by atomic mass is 10.1. The maximum Gasteiger partial charge on any atom is 0.349 e. The molecule has 2 heterocycles. The molecular formula is C18H16N2O3. The first-order valence-corrected chi connectivity index (χ1v) is 7.80. The number of benzene rings is 1. The number of pyridine rings is 1. The summed E-state index contributed by atoms with van der Waals surface area (Å²) in [5.41, 5.74) is 1.21. The summed E-state index contributed by atoms with van der Waals surface area (Å²) in [5.74, 6) is 0. The molecule has 1 aliphatic carbocycles. The van der Waals surface area contributed by atoms with Gasteiger partial charge in [-0.25, -0.2) is 9.47 Å². The van der Waals surface area contributed by atoms with Crippen LogP contribution in [0.1, 0.15) is 31.4 Å². The molecule has 0 radical (unpaired) electrons. The summed E-state index contributed by atoms with van der Waals surface area (Å²) >= 11 is 0. The van der Waals surface area contributed by atoms with Gasteiger partial charge in [0.25, 0.3) is 5.56 Å². The van der Waals surface area contributed by atoms with E-state index in [1.54, 1.807) is 12.1 Å². The highest BCUT2D eigenvalue weighted by molar-refractivity contribution is 6.04. The van der Waals surface area contributed by atoms with Crippen molar-refractivity contribution in [1.82, 2.24) is 4.68 Å². The number of rotatable bonds is 1. The Morgan fingerprint density at radius 3 is 2.61 bits per heavy atom. The minimum Gasteiger partial charge on any atom is -0.422 e. The van der Waals surface area contributed by atoms with E-state index in [2.05, 4.69) is 5.10 Å². The van der Waals surface area contributed by atoms with Crippen molar-refractivity contribution in [3.63, 3.8) is 0 Å². The van der Waals surface area contributed by atoms with E-state index in [0.717, 1.165) is 42.5 Å². The molecule has 5 heteroatoms. The van der Waals surface area contributed by atoms with Gasteiger partial charge in [0.05, 0.1) is 0 Å². The Bertz CT molecular complexity index is 1070. The maximum absolute atomic E-state index is 12.8. The highest BCUT2D eigenvalue weighted by Gasteiger charge is 2.16. The fraction of sp³-hybridized carbons (Fsp3) is 0.278. The van der Waals surface area contributed by atoms with Crippen molar-refractivity contribution in [2.75, 3.05) is 0 Å². The van der Waals surface area contributed by atoms with Crippen molar-refractivity contribution in [2.24, 2.45) is 5.10 Å². The summed E-state index contributed by atoms with van der Waals surface area (Å²) < 4.78 is 6.65. The zero-order valence-electron chi connectivity index (χ0n) is 12.8. The molecule has 1 aliphatic rings. The van der Waals surface area contributed by atoms with Gasteiger partial charge < -0.3 is 4.42 Å². The molecule has 1 aromatic carbocycles. The van der Waals surface area contributed by atoms with Crippen LogP contribution in [-0.4, -0.2) is 10.4 Å². The molecule has 23 heavy (non-hydrogen) atoms. The predicted octanol–water partition coefficient (Wildman–Crippen LogP) is 3.19. The Morgan fingerprint density at radius 2 is 1.83 bits per heavy atom. The van der Waals surface area contributed by atoms with Gasteiger partial charge in [-0.1, -0.05) is 18.2 Å². The average molecular weight is 308 g/mol. The van der Waals surface area contributed by atoms with Crippen LogP contribution in [0.2, 0.25) is 0 Å². The molecule has 0 amide bonds. The third kappa shape index (κ3) is 2.20. The molecule has 0 bridgehead atoms. The Labute approximate surface area is 131 Å². The lowest BCUT2D eigenvalue weighted by Gasteiger charge is -2.08. The normalized spacial score (nSPS) is 14.7. The molecule has 0 N–H and O–H groups in total. The lowest BCUT2D eigenvalue weighted by Crippen LogP contribution is -2.24. The molecule has 5 nitrogen and oxygen atoms in total. The number of para-hydroxylation sites is 1. The number of aryl methyl sites for hydroxylation is 1. The molecule has 0 unspecified atom stereocenters. The van der Waals surface area contributed by atoms with E-state index >= 15 is 0 Å².